The van der Waals surface area contributed by atoms with E-state index in [1.807, 2.05) is 30.3 Å². The molecule has 1 heterocycles. The lowest BCUT2D eigenvalue weighted by Crippen LogP contribution is -2.48. The fourth-order valence-corrected chi connectivity index (χ4v) is 3.75. The van der Waals surface area contributed by atoms with Crippen molar-refractivity contribution in [1.29, 1.82) is 0 Å². The minimum atomic E-state index is -0.277. The highest BCUT2D eigenvalue weighted by atomic mass is 16.5. The second-order valence-corrected chi connectivity index (χ2v) is 8.54. The largest absolute Gasteiger partial charge is 0.494 e. The number of nitrogens with one attached hydrogen (secondary N) is 2. The van der Waals surface area contributed by atoms with Gasteiger partial charge in [0, 0.05) is 38.3 Å². The molecule has 0 bridgehead atoms. The van der Waals surface area contributed by atoms with E-state index >= 15 is 0 Å². The summed E-state index contributed by atoms with van der Waals surface area (Å²) in [6.45, 7) is 7.45. The van der Waals surface area contributed by atoms with Crippen molar-refractivity contribution in [1.82, 2.24) is 20.4 Å². The Morgan fingerprint density at radius 1 is 1.00 bits per heavy atom. The Hall–Kier alpha value is -2.90. The molecule has 1 unspecified atom stereocenters. The molecule has 0 aromatic heterocycles. The van der Waals surface area contributed by atoms with Crippen molar-refractivity contribution >= 4 is 11.8 Å². The molecule has 0 radical (unpaired) electrons. The first kappa shape index (κ1) is 24.7. The van der Waals surface area contributed by atoms with Crippen LogP contribution in [0, 0.1) is 0 Å². The molecule has 1 aliphatic rings. The predicted octanol–water partition coefficient (Wildman–Crippen LogP) is 2.70. The van der Waals surface area contributed by atoms with Gasteiger partial charge < -0.3 is 20.3 Å². The number of benzene rings is 2. The van der Waals surface area contributed by atoms with Gasteiger partial charge in [-0.2, -0.15) is 0 Å². The standard InChI is InChI=1S/C26H36N4O3/c1-3-4-18-33-23-12-10-22(11-13-23)26(32)27-19-25(31)28-24(21-8-6-5-7-9-21)20-30-16-14-29(2)15-17-30/h5-13,24H,3-4,14-20H2,1-2H3,(H,27,32)(H,28,31). The molecule has 2 aromatic rings. The molecule has 1 atom stereocenters. The number of hydrogen-bond donors (Lipinski definition) is 2. The highest BCUT2D eigenvalue weighted by Crippen LogP contribution is 2.16. The van der Waals surface area contributed by atoms with Crippen molar-refractivity contribution in [3.8, 4) is 5.75 Å². The number of carbonyl (C=O) groups is 2. The fourth-order valence-electron chi connectivity index (χ4n) is 3.75. The summed E-state index contributed by atoms with van der Waals surface area (Å²) >= 11 is 0. The van der Waals surface area contributed by atoms with Crippen LogP contribution in [0.3, 0.4) is 0 Å². The molecule has 0 aliphatic carbocycles. The SMILES string of the molecule is CCCCOc1ccc(C(=O)NCC(=O)NC(CN2CCN(C)CC2)c2ccccc2)cc1. The Kier molecular flexibility index (Phi) is 9.72. The zero-order chi connectivity index (χ0) is 23.5. The summed E-state index contributed by atoms with van der Waals surface area (Å²) in [6, 6.07) is 16.9. The van der Waals surface area contributed by atoms with Crippen LogP contribution in [0.4, 0.5) is 0 Å². The number of amides is 2. The van der Waals surface area contributed by atoms with E-state index in [-0.39, 0.29) is 24.4 Å². The summed E-state index contributed by atoms with van der Waals surface area (Å²) in [5, 5.41) is 5.83. The van der Waals surface area contributed by atoms with Gasteiger partial charge in [0.15, 0.2) is 0 Å². The number of ether oxygens (including phenoxy) is 1. The van der Waals surface area contributed by atoms with Crippen LogP contribution in [0.25, 0.3) is 0 Å². The number of carbonyl (C=O) groups excluding carboxylic acids is 2. The molecule has 2 N–H and O–H groups in total. The molecule has 3 rings (SSSR count). The number of unbranched alkanes of at least 4 members (excludes halogenated alkanes) is 1. The number of nitrogens with zero attached hydrogens (tertiary/aromatic N) is 2. The maximum absolute atomic E-state index is 12.7. The van der Waals surface area contributed by atoms with Gasteiger partial charge in [-0.05, 0) is 43.3 Å². The Bertz CT molecular complexity index is 865. The summed E-state index contributed by atoms with van der Waals surface area (Å²) in [4.78, 5) is 29.9. The number of piperazine rings is 1. The number of likely N-dealkylation sites (N-methyl/N-ethyl adjacent to an activating group) is 1. The molecule has 1 aliphatic heterocycles. The van der Waals surface area contributed by atoms with E-state index in [0.29, 0.717) is 12.2 Å². The highest BCUT2D eigenvalue weighted by molar-refractivity contribution is 5.96. The number of rotatable bonds is 11. The molecule has 33 heavy (non-hydrogen) atoms. The van der Waals surface area contributed by atoms with Gasteiger partial charge in [-0.25, -0.2) is 0 Å². The van der Waals surface area contributed by atoms with Gasteiger partial charge in [0.25, 0.3) is 5.91 Å². The van der Waals surface area contributed by atoms with Crippen LogP contribution in [0.5, 0.6) is 5.75 Å². The highest BCUT2D eigenvalue weighted by Gasteiger charge is 2.21. The van der Waals surface area contributed by atoms with E-state index < -0.39 is 0 Å². The van der Waals surface area contributed by atoms with E-state index in [1.165, 1.54) is 0 Å². The molecular weight excluding hydrogens is 416 g/mol. The van der Waals surface area contributed by atoms with Crippen LogP contribution < -0.4 is 15.4 Å². The minimum absolute atomic E-state index is 0.0698. The number of hydrogen-bond acceptors (Lipinski definition) is 5. The Labute approximate surface area is 197 Å². The molecule has 2 amide bonds. The van der Waals surface area contributed by atoms with Crippen LogP contribution in [0.2, 0.25) is 0 Å². The third-order valence-corrected chi connectivity index (χ3v) is 5.87. The van der Waals surface area contributed by atoms with Crippen LogP contribution in [0.1, 0.15) is 41.7 Å². The molecule has 1 fully saturated rings. The van der Waals surface area contributed by atoms with Crippen LogP contribution >= 0.6 is 0 Å². The van der Waals surface area contributed by atoms with E-state index in [9.17, 15) is 9.59 Å². The summed E-state index contributed by atoms with van der Waals surface area (Å²) in [6.07, 6.45) is 2.07. The van der Waals surface area contributed by atoms with Crippen molar-refractivity contribution in [2.75, 3.05) is 52.9 Å². The van der Waals surface area contributed by atoms with E-state index in [2.05, 4.69) is 34.4 Å². The summed E-state index contributed by atoms with van der Waals surface area (Å²) < 4.78 is 5.63. The molecule has 1 saturated heterocycles. The van der Waals surface area contributed by atoms with E-state index in [1.54, 1.807) is 24.3 Å². The van der Waals surface area contributed by atoms with Crippen LogP contribution in [0.15, 0.2) is 54.6 Å². The first-order valence-corrected chi connectivity index (χ1v) is 11.8. The molecule has 2 aromatic carbocycles. The summed E-state index contributed by atoms with van der Waals surface area (Å²) in [7, 11) is 2.13. The molecule has 178 valence electrons. The Morgan fingerprint density at radius 2 is 1.70 bits per heavy atom. The quantitative estimate of drug-likeness (QED) is 0.513. The molecular formula is C26H36N4O3. The van der Waals surface area contributed by atoms with Gasteiger partial charge in [-0.3, -0.25) is 14.5 Å². The Balaban J connectivity index is 1.51. The molecule has 0 spiro atoms. The Morgan fingerprint density at radius 3 is 2.36 bits per heavy atom. The lowest BCUT2D eigenvalue weighted by Gasteiger charge is -2.35. The molecule has 7 nitrogen and oxygen atoms in total. The topological polar surface area (TPSA) is 73.9 Å². The van der Waals surface area contributed by atoms with Crippen molar-refractivity contribution in [3.05, 3.63) is 65.7 Å². The minimum Gasteiger partial charge on any atom is -0.494 e. The van der Waals surface area contributed by atoms with E-state index in [0.717, 1.165) is 56.9 Å². The zero-order valence-electron chi connectivity index (χ0n) is 19.8. The third-order valence-electron chi connectivity index (χ3n) is 5.87. The monoisotopic (exact) mass is 452 g/mol. The van der Waals surface area contributed by atoms with Crippen molar-refractivity contribution in [3.63, 3.8) is 0 Å². The zero-order valence-corrected chi connectivity index (χ0v) is 19.8. The smallest absolute Gasteiger partial charge is 0.251 e. The maximum Gasteiger partial charge on any atom is 0.251 e. The summed E-state index contributed by atoms with van der Waals surface area (Å²) in [5.41, 5.74) is 1.57. The lowest BCUT2D eigenvalue weighted by molar-refractivity contribution is -0.121. The first-order chi connectivity index (χ1) is 16.0. The van der Waals surface area contributed by atoms with Crippen LogP contribution in [-0.2, 0) is 4.79 Å². The van der Waals surface area contributed by atoms with Crippen molar-refractivity contribution in [2.45, 2.75) is 25.8 Å². The van der Waals surface area contributed by atoms with Gasteiger partial charge in [-0.15, -0.1) is 0 Å². The molecule has 0 saturated carbocycles. The molecule has 7 heteroatoms. The second-order valence-electron chi connectivity index (χ2n) is 8.54. The van der Waals surface area contributed by atoms with Gasteiger partial charge in [0.05, 0.1) is 19.2 Å². The van der Waals surface area contributed by atoms with Crippen molar-refractivity contribution < 1.29 is 14.3 Å². The van der Waals surface area contributed by atoms with Crippen LogP contribution in [-0.4, -0.2) is 74.5 Å². The summed E-state index contributed by atoms with van der Waals surface area (Å²) in [5.74, 6) is 0.263. The normalized spacial score (nSPS) is 15.6. The van der Waals surface area contributed by atoms with Gasteiger partial charge in [0.2, 0.25) is 5.91 Å². The van der Waals surface area contributed by atoms with Crippen molar-refractivity contribution in [2.24, 2.45) is 0 Å². The average molecular weight is 453 g/mol. The second kappa shape index (κ2) is 13.0. The lowest BCUT2D eigenvalue weighted by atomic mass is 10.1. The first-order valence-electron chi connectivity index (χ1n) is 11.8. The van der Waals surface area contributed by atoms with Gasteiger partial charge in [0.1, 0.15) is 5.75 Å². The third kappa shape index (κ3) is 8.18. The predicted molar refractivity (Wildman–Crippen MR) is 130 cm³/mol. The van der Waals surface area contributed by atoms with Gasteiger partial charge >= 0.3 is 0 Å². The fraction of sp³-hybridized carbons (Fsp3) is 0.462. The average Bonchev–Trinajstić information content (AvgIpc) is 2.84. The maximum atomic E-state index is 12.7. The van der Waals surface area contributed by atoms with E-state index in [4.69, 9.17) is 4.74 Å². The van der Waals surface area contributed by atoms with Gasteiger partial charge in [-0.1, -0.05) is 43.7 Å².